The first kappa shape index (κ1) is 18.8. The summed E-state index contributed by atoms with van der Waals surface area (Å²) in [4.78, 5) is 6.92. The van der Waals surface area contributed by atoms with Crippen LogP contribution >= 0.6 is 11.3 Å². The summed E-state index contributed by atoms with van der Waals surface area (Å²) >= 11 is 1.78. The first-order valence-electron chi connectivity index (χ1n) is 9.73. The predicted molar refractivity (Wildman–Crippen MR) is 115 cm³/mol. The fraction of sp³-hybridized carbons (Fsp3) is 0.238. The summed E-state index contributed by atoms with van der Waals surface area (Å²) in [6.07, 6.45) is 3.81. The van der Waals surface area contributed by atoms with Crippen LogP contribution in [0, 0.1) is 12.7 Å². The maximum Gasteiger partial charge on any atom is 0.190 e. The number of thiophene rings is 1. The molecule has 1 aromatic carbocycles. The van der Waals surface area contributed by atoms with Gasteiger partial charge in [-0.25, -0.2) is 9.37 Å². The molecule has 4 aromatic rings. The number of nitrogens with two attached hydrogens (primary N) is 1. The van der Waals surface area contributed by atoms with Crippen molar-refractivity contribution in [3.05, 3.63) is 58.3 Å². The normalized spacial score (nSPS) is 13.8. The summed E-state index contributed by atoms with van der Waals surface area (Å²) in [5, 5.41) is 15.3. The van der Waals surface area contributed by atoms with Crippen molar-refractivity contribution in [2.45, 2.75) is 19.8 Å². The topological polar surface area (TPSA) is 94.5 Å². The lowest BCUT2D eigenvalue weighted by molar-refractivity contribution is 0.606. The summed E-state index contributed by atoms with van der Waals surface area (Å²) in [7, 11) is 0. The maximum absolute atomic E-state index is 14.6. The molecule has 5 rings (SSSR count). The number of aryl methyl sites for hydroxylation is 1. The predicted octanol–water partition coefficient (Wildman–Crippen LogP) is 3.17. The number of anilines is 1. The second kappa shape index (κ2) is 7.58. The molecule has 0 fully saturated rings. The van der Waals surface area contributed by atoms with Gasteiger partial charge in [0.15, 0.2) is 5.82 Å². The molecular formula is C21H20FN7S. The number of hydrogen-bond acceptors (Lipinski definition) is 7. The van der Waals surface area contributed by atoms with Gasteiger partial charge in [0, 0.05) is 21.5 Å². The van der Waals surface area contributed by atoms with Crippen LogP contribution in [-0.2, 0) is 12.8 Å². The van der Waals surface area contributed by atoms with Crippen molar-refractivity contribution in [3.8, 4) is 27.5 Å². The van der Waals surface area contributed by atoms with E-state index in [1.807, 2.05) is 19.1 Å². The second-order valence-corrected chi connectivity index (χ2v) is 8.47. The van der Waals surface area contributed by atoms with Crippen molar-refractivity contribution >= 4 is 17.2 Å². The fourth-order valence-corrected chi connectivity index (χ4v) is 4.86. The van der Waals surface area contributed by atoms with Gasteiger partial charge in [-0.3, -0.25) is 0 Å². The van der Waals surface area contributed by atoms with Gasteiger partial charge < -0.3 is 11.1 Å². The van der Waals surface area contributed by atoms with E-state index < -0.39 is 5.82 Å². The Labute approximate surface area is 176 Å². The summed E-state index contributed by atoms with van der Waals surface area (Å²) in [5.74, 6) is 0.249. The summed E-state index contributed by atoms with van der Waals surface area (Å²) in [6, 6.07) is 9.08. The van der Waals surface area contributed by atoms with Crippen LogP contribution in [0.1, 0.15) is 16.0 Å². The summed E-state index contributed by atoms with van der Waals surface area (Å²) in [6.45, 7) is 3.82. The van der Waals surface area contributed by atoms with E-state index >= 15 is 0 Å². The first-order valence-corrected chi connectivity index (χ1v) is 10.6. The number of nitrogen functional groups attached to an aromatic ring is 1. The van der Waals surface area contributed by atoms with Crippen molar-refractivity contribution < 1.29 is 4.39 Å². The van der Waals surface area contributed by atoms with Crippen LogP contribution in [0.3, 0.4) is 0 Å². The first-order chi connectivity index (χ1) is 14.6. The Morgan fingerprint density at radius 3 is 2.90 bits per heavy atom. The highest BCUT2D eigenvalue weighted by Gasteiger charge is 2.19. The van der Waals surface area contributed by atoms with Gasteiger partial charge in [-0.15, -0.1) is 16.4 Å². The lowest BCUT2D eigenvalue weighted by Crippen LogP contribution is -2.16. The Hall–Kier alpha value is -3.17. The third-order valence-corrected chi connectivity index (χ3v) is 6.53. The molecule has 0 amide bonds. The minimum absolute atomic E-state index is 0.265. The Morgan fingerprint density at radius 2 is 2.03 bits per heavy atom. The molecule has 152 valence electrons. The van der Waals surface area contributed by atoms with Crippen LogP contribution < -0.4 is 11.1 Å². The number of benzene rings is 1. The highest BCUT2D eigenvalue weighted by atomic mass is 32.1. The van der Waals surface area contributed by atoms with E-state index in [-0.39, 0.29) is 5.69 Å². The maximum atomic E-state index is 14.6. The number of aromatic nitrogens is 5. The molecule has 0 unspecified atom stereocenters. The van der Waals surface area contributed by atoms with Crippen LogP contribution in [0.5, 0.6) is 0 Å². The van der Waals surface area contributed by atoms with E-state index in [1.165, 1.54) is 21.2 Å². The third kappa shape index (κ3) is 3.35. The van der Waals surface area contributed by atoms with Gasteiger partial charge in [0.05, 0.1) is 5.56 Å². The van der Waals surface area contributed by atoms with Gasteiger partial charge >= 0.3 is 0 Å². The monoisotopic (exact) mass is 421 g/mol. The van der Waals surface area contributed by atoms with Crippen LogP contribution in [-0.4, -0.2) is 38.3 Å². The van der Waals surface area contributed by atoms with Gasteiger partial charge in [0.1, 0.15) is 17.3 Å². The Morgan fingerprint density at radius 1 is 1.17 bits per heavy atom. The minimum atomic E-state index is -0.401. The number of hydrogen-bond donors (Lipinski definition) is 2. The van der Waals surface area contributed by atoms with E-state index in [1.54, 1.807) is 23.6 Å². The van der Waals surface area contributed by atoms with Crippen molar-refractivity contribution in [3.63, 3.8) is 0 Å². The second-order valence-electron chi connectivity index (χ2n) is 7.34. The lowest BCUT2D eigenvalue weighted by atomic mass is 10.1. The standard InChI is InChI=1S/C21H20FN7S/c1-12-2-3-17(16(22)8-12)29-21(26-27-28-29)15-9-14(11-25-20(15)23)19-10-13-4-6-24-7-5-18(13)30-19/h2-3,8-11,24H,4-7H2,1H3,(H2,23,25). The Kier molecular flexibility index (Phi) is 4.76. The molecule has 3 aromatic heterocycles. The van der Waals surface area contributed by atoms with Crippen molar-refractivity contribution in [2.24, 2.45) is 0 Å². The SMILES string of the molecule is Cc1ccc(-n2nnnc2-c2cc(-c3cc4c(s3)CCNCC4)cnc2N)c(F)c1. The highest BCUT2D eigenvalue weighted by molar-refractivity contribution is 7.15. The number of rotatable bonds is 3. The molecule has 1 aliphatic rings. The van der Waals surface area contributed by atoms with Crippen molar-refractivity contribution in [2.75, 3.05) is 18.8 Å². The van der Waals surface area contributed by atoms with Gasteiger partial charge in [0.2, 0.25) is 0 Å². The molecule has 1 aliphatic heterocycles. The molecular weight excluding hydrogens is 401 g/mol. The number of nitrogens with zero attached hydrogens (tertiary/aromatic N) is 5. The van der Waals surface area contributed by atoms with E-state index in [0.717, 1.165) is 41.9 Å². The van der Waals surface area contributed by atoms with E-state index in [2.05, 4.69) is 31.9 Å². The molecule has 0 saturated heterocycles. The quantitative estimate of drug-likeness (QED) is 0.528. The zero-order valence-electron chi connectivity index (χ0n) is 16.4. The Bertz CT molecular complexity index is 1210. The summed E-state index contributed by atoms with van der Waals surface area (Å²) < 4.78 is 15.9. The van der Waals surface area contributed by atoms with Crippen LogP contribution in [0.2, 0.25) is 0 Å². The molecule has 3 N–H and O–H groups in total. The molecule has 0 spiro atoms. The number of halogens is 1. The molecule has 0 atom stereocenters. The highest BCUT2D eigenvalue weighted by Crippen LogP contribution is 2.35. The number of tetrazole rings is 1. The molecule has 4 heterocycles. The molecule has 30 heavy (non-hydrogen) atoms. The smallest absolute Gasteiger partial charge is 0.190 e. The van der Waals surface area contributed by atoms with Crippen LogP contribution in [0.15, 0.2) is 36.5 Å². The van der Waals surface area contributed by atoms with Crippen LogP contribution in [0.4, 0.5) is 10.2 Å². The average Bonchev–Trinajstić information content (AvgIpc) is 3.31. The van der Waals surface area contributed by atoms with E-state index in [0.29, 0.717) is 17.2 Å². The van der Waals surface area contributed by atoms with E-state index in [9.17, 15) is 4.39 Å². The van der Waals surface area contributed by atoms with E-state index in [4.69, 9.17) is 5.73 Å². The molecule has 0 bridgehead atoms. The minimum Gasteiger partial charge on any atom is -0.383 e. The average molecular weight is 422 g/mol. The molecule has 0 radical (unpaired) electrons. The number of nitrogens with one attached hydrogen (secondary N) is 1. The van der Waals surface area contributed by atoms with Crippen molar-refractivity contribution in [1.82, 2.24) is 30.5 Å². The molecule has 0 aliphatic carbocycles. The zero-order chi connectivity index (χ0) is 20.7. The number of pyridine rings is 1. The van der Waals surface area contributed by atoms with Gasteiger partial charge in [-0.05, 0) is 78.7 Å². The molecule has 7 nitrogen and oxygen atoms in total. The lowest BCUT2D eigenvalue weighted by Gasteiger charge is -2.09. The largest absolute Gasteiger partial charge is 0.383 e. The van der Waals surface area contributed by atoms with Gasteiger partial charge in [0.25, 0.3) is 0 Å². The molecule has 0 saturated carbocycles. The molecule has 9 heteroatoms. The van der Waals surface area contributed by atoms with Crippen molar-refractivity contribution in [1.29, 1.82) is 0 Å². The van der Waals surface area contributed by atoms with Gasteiger partial charge in [-0.1, -0.05) is 6.07 Å². The van der Waals surface area contributed by atoms with Crippen LogP contribution in [0.25, 0.3) is 27.5 Å². The van der Waals surface area contributed by atoms with Gasteiger partial charge in [-0.2, -0.15) is 4.68 Å². The fourth-order valence-electron chi connectivity index (χ4n) is 3.67. The third-order valence-electron chi connectivity index (χ3n) is 5.24. The Balaban J connectivity index is 1.58. The zero-order valence-corrected chi connectivity index (χ0v) is 17.2. The summed E-state index contributed by atoms with van der Waals surface area (Å²) in [5.41, 5.74) is 10.2. The number of fused-ring (bicyclic) bond motifs is 1.